The molecule has 16 heavy (non-hydrogen) atoms. The highest BCUT2D eigenvalue weighted by Gasteiger charge is 2.28. The number of aliphatic hydroxyl groups excluding tert-OH is 1. The number of nitrogens with zero attached hydrogens (tertiary/aromatic N) is 3. The first kappa shape index (κ1) is 11.3. The molecule has 0 atom stereocenters. The van der Waals surface area contributed by atoms with Gasteiger partial charge in [0, 0.05) is 25.0 Å². The minimum atomic E-state index is -0.0847. The quantitative estimate of drug-likeness (QED) is 0.836. The molecule has 0 aliphatic heterocycles. The molecule has 2 rings (SSSR count). The normalized spacial score (nSPS) is 24.0. The summed E-state index contributed by atoms with van der Waals surface area (Å²) in [5.74, 6) is 1.38. The number of hydrogen-bond acceptors (Lipinski definition) is 4. The third kappa shape index (κ3) is 2.50. The second-order valence-electron chi connectivity index (χ2n) is 4.82. The first-order valence-corrected chi connectivity index (χ1v) is 5.76. The van der Waals surface area contributed by atoms with Crippen molar-refractivity contribution < 1.29 is 5.11 Å². The molecule has 4 nitrogen and oxygen atoms in total. The van der Waals surface area contributed by atoms with Crippen LogP contribution < -0.4 is 4.90 Å². The topological polar surface area (TPSA) is 49.2 Å². The summed E-state index contributed by atoms with van der Waals surface area (Å²) in [6.07, 6.45) is 1.74. The van der Waals surface area contributed by atoms with Crippen LogP contribution in [0.4, 0.5) is 5.95 Å². The second kappa shape index (κ2) is 4.37. The summed E-state index contributed by atoms with van der Waals surface area (Å²) < 4.78 is 0. The van der Waals surface area contributed by atoms with Gasteiger partial charge in [0.1, 0.15) is 0 Å². The lowest BCUT2D eigenvalue weighted by Crippen LogP contribution is -2.37. The molecule has 1 aliphatic rings. The fraction of sp³-hybridized carbons (Fsp3) is 0.667. The summed E-state index contributed by atoms with van der Waals surface area (Å²) in [5.41, 5.74) is 2.01. The van der Waals surface area contributed by atoms with Gasteiger partial charge in [-0.25, -0.2) is 9.97 Å². The van der Waals surface area contributed by atoms with E-state index >= 15 is 0 Å². The molecule has 1 heterocycles. The molecule has 0 amide bonds. The maximum Gasteiger partial charge on any atom is 0.225 e. The first-order chi connectivity index (χ1) is 7.54. The zero-order chi connectivity index (χ0) is 11.7. The van der Waals surface area contributed by atoms with Crippen molar-refractivity contribution in [2.75, 3.05) is 18.5 Å². The largest absolute Gasteiger partial charge is 0.393 e. The van der Waals surface area contributed by atoms with Gasteiger partial charge in [-0.05, 0) is 38.7 Å². The summed E-state index contributed by atoms with van der Waals surface area (Å²) in [7, 11) is 2.01. The van der Waals surface area contributed by atoms with E-state index < -0.39 is 0 Å². The van der Waals surface area contributed by atoms with Crippen LogP contribution in [0.25, 0.3) is 0 Å². The van der Waals surface area contributed by atoms with Crippen molar-refractivity contribution >= 4 is 5.95 Å². The van der Waals surface area contributed by atoms with E-state index in [1.54, 1.807) is 0 Å². The van der Waals surface area contributed by atoms with Crippen molar-refractivity contribution in [2.45, 2.75) is 32.8 Å². The molecular formula is C12H19N3O. The van der Waals surface area contributed by atoms with Gasteiger partial charge in [0.2, 0.25) is 5.95 Å². The zero-order valence-corrected chi connectivity index (χ0v) is 10.1. The summed E-state index contributed by atoms with van der Waals surface area (Å²) in [6.45, 7) is 4.90. The van der Waals surface area contributed by atoms with Crippen molar-refractivity contribution in [3.05, 3.63) is 17.5 Å². The molecule has 1 fully saturated rings. The van der Waals surface area contributed by atoms with Gasteiger partial charge in [-0.15, -0.1) is 0 Å². The van der Waals surface area contributed by atoms with Crippen molar-refractivity contribution in [3.8, 4) is 0 Å². The molecule has 0 bridgehead atoms. The molecule has 0 radical (unpaired) electrons. The highest BCUT2D eigenvalue weighted by Crippen LogP contribution is 2.28. The molecule has 1 N–H and O–H groups in total. The Balaban J connectivity index is 2.00. The molecule has 0 spiro atoms. The average molecular weight is 221 g/mol. The molecule has 0 saturated heterocycles. The maximum atomic E-state index is 9.24. The van der Waals surface area contributed by atoms with Crippen LogP contribution >= 0.6 is 0 Å². The number of rotatable bonds is 3. The monoisotopic (exact) mass is 221 g/mol. The molecule has 1 saturated carbocycles. The second-order valence-corrected chi connectivity index (χ2v) is 4.82. The average Bonchev–Trinajstić information content (AvgIpc) is 2.13. The molecular weight excluding hydrogens is 202 g/mol. The summed E-state index contributed by atoms with van der Waals surface area (Å²) in [5, 5.41) is 9.24. The van der Waals surface area contributed by atoms with Crippen LogP contribution in [0.5, 0.6) is 0 Å². The summed E-state index contributed by atoms with van der Waals surface area (Å²) >= 11 is 0. The van der Waals surface area contributed by atoms with E-state index in [9.17, 15) is 5.11 Å². The van der Waals surface area contributed by atoms with Gasteiger partial charge in [0.15, 0.2) is 0 Å². The number of aryl methyl sites for hydroxylation is 2. The number of aliphatic hydroxyl groups is 1. The molecule has 88 valence electrons. The van der Waals surface area contributed by atoms with Gasteiger partial charge in [-0.3, -0.25) is 0 Å². The van der Waals surface area contributed by atoms with E-state index in [-0.39, 0.29) is 6.10 Å². The number of hydrogen-bond donors (Lipinski definition) is 1. The predicted molar refractivity (Wildman–Crippen MR) is 63.5 cm³/mol. The van der Waals surface area contributed by atoms with Crippen LogP contribution in [0.15, 0.2) is 6.07 Å². The van der Waals surface area contributed by atoms with E-state index in [1.807, 2.05) is 27.0 Å². The third-order valence-corrected chi connectivity index (χ3v) is 3.05. The van der Waals surface area contributed by atoms with Crippen LogP contribution in [0.3, 0.4) is 0 Å². The standard InChI is InChI=1S/C12H19N3O/c1-8-4-9(2)14-12(13-8)15(3)7-10-5-11(16)6-10/h4,10-11,16H,5-7H2,1-3H3. The Bertz CT molecular complexity index is 354. The number of anilines is 1. The molecule has 1 aromatic heterocycles. The lowest BCUT2D eigenvalue weighted by atomic mass is 9.82. The molecule has 4 heteroatoms. The zero-order valence-electron chi connectivity index (χ0n) is 10.1. The predicted octanol–water partition coefficient (Wildman–Crippen LogP) is 1.30. The van der Waals surface area contributed by atoms with E-state index in [0.717, 1.165) is 36.7 Å². The van der Waals surface area contributed by atoms with Crippen LogP contribution in [-0.2, 0) is 0 Å². The minimum Gasteiger partial charge on any atom is -0.393 e. The van der Waals surface area contributed by atoms with Crippen molar-refractivity contribution in [3.63, 3.8) is 0 Å². The lowest BCUT2D eigenvalue weighted by molar-refractivity contribution is 0.0463. The van der Waals surface area contributed by atoms with Crippen LogP contribution in [0.1, 0.15) is 24.2 Å². The maximum absolute atomic E-state index is 9.24. The van der Waals surface area contributed by atoms with Crippen molar-refractivity contribution in [1.29, 1.82) is 0 Å². The SMILES string of the molecule is Cc1cc(C)nc(N(C)CC2CC(O)C2)n1. The Morgan fingerprint density at radius 1 is 1.31 bits per heavy atom. The van der Waals surface area contributed by atoms with Gasteiger partial charge >= 0.3 is 0 Å². The summed E-state index contributed by atoms with van der Waals surface area (Å²) in [6, 6.07) is 1.98. The Kier molecular flexibility index (Phi) is 3.10. The van der Waals surface area contributed by atoms with E-state index in [4.69, 9.17) is 0 Å². The highest BCUT2D eigenvalue weighted by atomic mass is 16.3. The van der Waals surface area contributed by atoms with Gasteiger partial charge in [0.05, 0.1) is 6.10 Å². The Labute approximate surface area is 96.3 Å². The van der Waals surface area contributed by atoms with Gasteiger partial charge < -0.3 is 10.0 Å². The Morgan fingerprint density at radius 3 is 2.38 bits per heavy atom. The summed E-state index contributed by atoms with van der Waals surface area (Å²) in [4.78, 5) is 10.9. The van der Waals surface area contributed by atoms with E-state index in [0.29, 0.717) is 5.92 Å². The molecule has 0 aromatic carbocycles. The van der Waals surface area contributed by atoms with Crippen LogP contribution in [-0.4, -0.2) is 34.8 Å². The van der Waals surface area contributed by atoms with Gasteiger partial charge in [0.25, 0.3) is 0 Å². The van der Waals surface area contributed by atoms with Crippen LogP contribution in [0, 0.1) is 19.8 Å². The third-order valence-electron chi connectivity index (χ3n) is 3.05. The van der Waals surface area contributed by atoms with Crippen molar-refractivity contribution in [1.82, 2.24) is 9.97 Å². The fourth-order valence-corrected chi connectivity index (χ4v) is 2.20. The lowest BCUT2D eigenvalue weighted by Gasteiger charge is -2.34. The van der Waals surface area contributed by atoms with E-state index in [1.165, 1.54) is 0 Å². The van der Waals surface area contributed by atoms with Gasteiger partial charge in [-0.2, -0.15) is 0 Å². The fourth-order valence-electron chi connectivity index (χ4n) is 2.20. The van der Waals surface area contributed by atoms with Gasteiger partial charge in [-0.1, -0.05) is 0 Å². The number of aromatic nitrogens is 2. The minimum absolute atomic E-state index is 0.0847. The Morgan fingerprint density at radius 2 is 1.88 bits per heavy atom. The Hall–Kier alpha value is -1.16. The van der Waals surface area contributed by atoms with E-state index in [2.05, 4.69) is 14.9 Å². The molecule has 1 aliphatic carbocycles. The van der Waals surface area contributed by atoms with Crippen LogP contribution in [0.2, 0.25) is 0 Å². The smallest absolute Gasteiger partial charge is 0.225 e. The first-order valence-electron chi connectivity index (χ1n) is 5.76. The van der Waals surface area contributed by atoms with Crippen molar-refractivity contribution in [2.24, 2.45) is 5.92 Å². The molecule has 1 aromatic rings. The molecule has 0 unspecified atom stereocenters. The highest BCUT2D eigenvalue weighted by molar-refractivity contribution is 5.31.